The van der Waals surface area contributed by atoms with Crippen molar-refractivity contribution in [3.63, 3.8) is 0 Å². The summed E-state index contributed by atoms with van der Waals surface area (Å²) in [6.45, 7) is 1.14. The van der Waals surface area contributed by atoms with E-state index in [-0.39, 0.29) is 0 Å². The zero-order valence-electron chi connectivity index (χ0n) is 8.94. The molecule has 0 fully saturated rings. The third-order valence-corrected chi connectivity index (χ3v) is 2.91. The van der Waals surface area contributed by atoms with E-state index < -0.39 is 0 Å². The number of pyridine rings is 1. The van der Waals surface area contributed by atoms with Gasteiger partial charge in [-0.15, -0.1) is 0 Å². The second kappa shape index (κ2) is 5.27. The molecule has 0 spiro atoms. The molecule has 0 bridgehead atoms. The number of aromatic nitrogens is 1. The van der Waals surface area contributed by atoms with Gasteiger partial charge in [-0.1, -0.05) is 15.9 Å². The average Bonchev–Trinajstić information content (AvgIpc) is 2.30. The summed E-state index contributed by atoms with van der Waals surface area (Å²) < 4.78 is 11.5. The van der Waals surface area contributed by atoms with E-state index in [0.717, 1.165) is 21.1 Å². The predicted molar refractivity (Wildman–Crippen MR) is 66.8 cm³/mol. The predicted octanol–water partition coefficient (Wildman–Crippen LogP) is 3.02. The molecule has 1 aromatic carbocycles. The summed E-state index contributed by atoms with van der Waals surface area (Å²) in [4.78, 5) is 4.29. The van der Waals surface area contributed by atoms with Gasteiger partial charge in [-0.05, 0) is 18.2 Å². The van der Waals surface area contributed by atoms with Crippen molar-refractivity contribution >= 4 is 26.8 Å². The van der Waals surface area contributed by atoms with E-state index in [9.17, 15) is 0 Å². The first-order chi connectivity index (χ1) is 7.81. The summed E-state index contributed by atoms with van der Waals surface area (Å²) in [6.07, 6.45) is 1.77. The fraction of sp³-hybridized carbons (Fsp3) is 0.250. The number of hydrogen-bond acceptors (Lipinski definition) is 3. The third-order valence-electron chi connectivity index (χ3n) is 2.22. The van der Waals surface area contributed by atoms with Gasteiger partial charge in [-0.2, -0.15) is 0 Å². The normalized spacial score (nSPS) is 10.6. The van der Waals surface area contributed by atoms with Crippen LogP contribution in [0.15, 0.2) is 34.9 Å². The number of benzene rings is 1. The first-order valence-electron chi connectivity index (χ1n) is 4.97. The zero-order chi connectivity index (χ0) is 11.4. The van der Waals surface area contributed by atoms with Crippen LogP contribution >= 0.6 is 15.9 Å². The van der Waals surface area contributed by atoms with Gasteiger partial charge in [0.25, 0.3) is 0 Å². The van der Waals surface area contributed by atoms with Gasteiger partial charge in [0, 0.05) is 29.2 Å². The lowest BCUT2D eigenvalue weighted by Gasteiger charge is -2.06. The molecule has 1 aromatic heterocycles. The molecule has 0 saturated heterocycles. The van der Waals surface area contributed by atoms with Crippen molar-refractivity contribution in [3.05, 3.63) is 34.9 Å². The van der Waals surface area contributed by atoms with Crippen LogP contribution in [0.1, 0.15) is 0 Å². The maximum Gasteiger partial charge on any atom is 0.121 e. The molecule has 4 heteroatoms. The Morgan fingerprint density at radius 3 is 2.94 bits per heavy atom. The molecule has 0 atom stereocenters. The first-order valence-corrected chi connectivity index (χ1v) is 5.76. The Morgan fingerprint density at radius 2 is 2.12 bits per heavy atom. The fourth-order valence-corrected chi connectivity index (χ4v) is 1.88. The van der Waals surface area contributed by atoms with Crippen molar-refractivity contribution in [2.75, 3.05) is 20.3 Å². The molecule has 0 amide bonds. The van der Waals surface area contributed by atoms with Crippen LogP contribution < -0.4 is 4.74 Å². The second-order valence-corrected chi connectivity index (χ2v) is 4.17. The highest BCUT2D eigenvalue weighted by atomic mass is 79.9. The van der Waals surface area contributed by atoms with Crippen LogP contribution in [0.3, 0.4) is 0 Å². The molecule has 0 aliphatic rings. The maximum atomic E-state index is 5.51. The summed E-state index contributed by atoms with van der Waals surface area (Å²) in [5.41, 5.74) is 0.921. The zero-order valence-corrected chi connectivity index (χ0v) is 10.5. The standard InChI is InChI=1S/C12H12BrNO2/c1-15-6-7-16-9-2-3-10-11(13)4-5-14-12(10)8-9/h2-5,8H,6-7H2,1H3. The molecule has 0 radical (unpaired) electrons. The fourth-order valence-electron chi connectivity index (χ4n) is 1.43. The quantitative estimate of drug-likeness (QED) is 0.808. The van der Waals surface area contributed by atoms with Crippen LogP contribution in [-0.2, 0) is 4.74 Å². The van der Waals surface area contributed by atoms with E-state index in [0.29, 0.717) is 13.2 Å². The maximum absolute atomic E-state index is 5.51. The topological polar surface area (TPSA) is 31.4 Å². The van der Waals surface area contributed by atoms with Crippen LogP contribution in [0, 0.1) is 0 Å². The van der Waals surface area contributed by atoms with Crippen molar-refractivity contribution in [2.24, 2.45) is 0 Å². The lowest BCUT2D eigenvalue weighted by molar-refractivity contribution is 0.146. The van der Waals surface area contributed by atoms with Crippen molar-refractivity contribution in [3.8, 4) is 5.75 Å². The highest BCUT2D eigenvalue weighted by molar-refractivity contribution is 9.10. The van der Waals surface area contributed by atoms with Crippen molar-refractivity contribution in [1.29, 1.82) is 0 Å². The second-order valence-electron chi connectivity index (χ2n) is 3.31. The van der Waals surface area contributed by atoms with Gasteiger partial charge in [0.15, 0.2) is 0 Å². The Bertz CT molecular complexity index is 487. The Morgan fingerprint density at radius 1 is 1.25 bits per heavy atom. The van der Waals surface area contributed by atoms with Gasteiger partial charge in [0.1, 0.15) is 12.4 Å². The van der Waals surface area contributed by atoms with Crippen LogP contribution in [0.2, 0.25) is 0 Å². The van der Waals surface area contributed by atoms with E-state index >= 15 is 0 Å². The molecule has 84 valence electrons. The Kier molecular flexibility index (Phi) is 3.74. The SMILES string of the molecule is COCCOc1ccc2c(Br)ccnc2c1. The monoisotopic (exact) mass is 281 g/mol. The molecule has 16 heavy (non-hydrogen) atoms. The van der Waals surface area contributed by atoms with Crippen LogP contribution in [-0.4, -0.2) is 25.3 Å². The molecule has 3 nitrogen and oxygen atoms in total. The largest absolute Gasteiger partial charge is 0.491 e. The minimum Gasteiger partial charge on any atom is -0.491 e. The van der Waals surface area contributed by atoms with Gasteiger partial charge in [-0.25, -0.2) is 0 Å². The number of halogens is 1. The first kappa shape index (κ1) is 11.4. The Labute approximate surface area is 103 Å². The molecule has 1 heterocycles. The van der Waals surface area contributed by atoms with Crippen molar-refractivity contribution in [2.45, 2.75) is 0 Å². The lowest BCUT2D eigenvalue weighted by atomic mass is 10.2. The molecule has 2 rings (SSSR count). The van der Waals surface area contributed by atoms with Crippen LogP contribution in [0.25, 0.3) is 10.9 Å². The van der Waals surface area contributed by atoms with Gasteiger partial charge in [0.05, 0.1) is 12.1 Å². The number of nitrogens with zero attached hydrogens (tertiary/aromatic N) is 1. The van der Waals surface area contributed by atoms with Crippen LogP contribution in [0.4, 0.5) is 0 Å². The van der Waals surface area contributed by atoms with Gasteiger partial charge in [0.2, 0.25) is 0 Å². The Hall–Kier alpha value is -1.13. The van der Waals surface area contributed by atoms with Gasteiger partial charge >= 0.3 is 0 Å². The number of ether oxygens (including phenoxy) is 2. The lowest BCUT2D eigenvalue weighted by Crippen LogP contribution is -2.04. The summed E-state index contributed by atoms with van der Waals surface area (Å²) in [5.74, 6) is 0.815. The van der Waals surface area contributed by atoms with Gasteiger partial charge < -0.3 is 9.47 Å². The summed E-state index contributed by atoms with van der Waals surface area (Å²) in [7, 11) is 1.66. The summed E-state index contributed by atoms with van der Waals surface area (Å²) in [5, 5.41) is 1.08. The average molecular weight is 282 g/mol. The Balaban J connectivity index is 2.23. The van der Waals surface area contributed by atoms with Crippen LogP contribution in [0.5, 0.6) is 5.75 Å². The summed E-state index contributed by atoms with van der Waals surface area (Å²) >= 11 is 3.48. The molecule has 0 aliphatic heterocycles. The molecule has 0 saturated carbocycles. The minimum atomic E-state index is 0.552. The number of rotatable bonds is 4. The van der Waals surface area contributed by atoms with Crippen molar-refractivity contribution < 1.29 is 9.47 Å². The molecule has 0 aliphatic carbocycles. The number of methoxy groups -OCH3 is 1. The highest BCUT2D eigenvalue weighted by Gasteiger charge is 2.01. The number of hydrogen-bond donors (Lipinski definition) is 0. The van der Waals surface area contributed by atoms with Gasteiger partial charge in [-0.3, -0.25) is 4.98 Å². The van der Waals surface area contributed by atoms with Crippen molar-refractivity contribution in [1.82, 2.24) is 4.98 Å². The summed E-state index contributed by atoms with van der Waals surface area (Å²) in [6, 6.07) is 7.78. The molecule has 0 unspecified atom stereocenters. The molecular weight excluding hydrogens is 270 g/mol. The van der Waals surface area contributed by atoms with E-state index in [1.165, 1.54) is 0 Å². The third kappa shape index (κ3) is 2.51. The molecular formula is C12H12BrNO2. The van der Waals surface area contributed by atoms with E-state index in [1.54, 1.807) is 13.3 Å². The van der Waals surface area contributed by atoms with E-state index in [2.05, 4.69) is 20.9 Å². The van der Waals surface area contributed by atoms with E-state index in [4.69, 9.17) is 9.47 Å². The molecule has 2 aromatic rings. The van der Waals surface area contributed by atoms with E-state index in [1.807, 2.05) is 24.3 Å². The smallest absolute Gasteiger partial charge is 0.121 e. The highest BCUT2D eigenvalue weighted by Crippen LogP contribution is 2.25. The molecule has 0 N–H and O–H groups in total. The minimum absolute atomic E-state index is 0.552. The number of fused-ring (bicyclic) bond motifs is 1.